The van der Waals surface area contributed by atoms with Gasteiger partial charge in [0, 0.05) is 6.20 Å². The van der Waals surface area contributed by atoms with Gasteiger partial charge in [0.2, 0.25) is 0 Å². The number of nitriles is 1. The molecule has 1 rings (SSSR count). The van der Waals surface area contributed by atoms with E-state index in [1.54, 1.807) is 6.20 Å². The van der Waals surface area contributed by atoms with Crippen molar-refractivity contribution in [2.24, 2.45) is 0 Å². The van der Waals surface area contributed by atoms with Gasteiger partial charge in [0.25, 0.3) is 0 Å². The van der Waals surface area contributed by atoms with Gasteiger partial charge in [-0.1, -0.05) is 0 Å². The quantitative estimate of drug-likeness (QED) is 0.523. The summed E-state index contributed by atoms with van der Waals surface area (Å²) in [5.41, 5.74) is 0.970. The Morgan fingerprint density at radius 1 is 1.88 bits per heavy atom. The van der Waals surface area contributed by atoms with Crippen LogP contribution in [0.2, 0.25) is 0 Å². The lowest BCUT2D eigenvalue weighted by Crippen LogP contribution is -1.65. The smallest absolute Gasteiger partial charge is 0.128 e. The lowest BCUT2D eigenvalue weighted by molar-refractivity contribution is 1.42. The summed E-state index contributed by atoms with van der Waals surface area (Å²) in [6.07, 6.45) is 1.70. The lowest BCUT2D eigenvalue weighted by atomic mass is 10.3. The van der Waals surface area contributed by atoms with Gasteiger partial charge in [0.1, 0.15) is 10.9 Å². The summed E-state index contributed by atoms with van der Waals surface area (Å²) in [6.45, 7) is 1.88. The molecule has 0 fully saturated rings. The van der Waals surface area contributed by atoms with Crippen molar-refractivity contribution in [3.8, 4) is 6.07 Å². The maximum Gasteiger partial charge on any atom is 0.128 e. The second-order valence-corrected chi connectivity index (χ2v) is 2.25. The van der Waals surface area contributed by atoms with Crippen molar-refractivity contribution < 1.29 is 0 Å². The highest BCUT2D eigenvalue weighted by Gasteiger charge is 1.95. The third kappa shape index (κ3) is 0.703. The molecule has 0 aliphatic rings. The van der Waals surface area contributed by atoms with Gasteiger partial charge in [0.15, 0.2) is 0 Å². The highest BCUT2D eigenvalue weighted by atomic mass is 32.1. The molecule has 0 aliphatic heterocycles. The first-order valence-corrected chi connectivity index (χ1v) is 2.93. The molecule has 0 radical (unpaired) electrons. The van der Waals surface area contributed by atoms with Gasteiger partial charge < -0.3 is 0 Å². The molecule has 1 aromatic heterocycles. The summed E-state index contributed by atoms with van der Waals surface area (Å²) >= 11 is 1.24. The fourth-order valence-electron chi connectivity index (χ4n) is 0.397. The summed E-state index contributed by atoms with van der Waals surface area (Å²) in [5, 5.41) is 8.33. The van der Waals surface area contributed by atoms with Crippen LogP contribution in [0.1, 0.15) is 10.4 Å². The fourth-order valence-corrected chi connectivity index (χ4v) is 0.951. The average molecular weight is 124 g/mol. The molecule has 0 N–H and O–H groups in total. The minimum absolute atomic E-state index is 0.713. The van der Waals surface area contributed by atoms with E-state index in [0.29, 0.717) is 4.88 Å². The minimum Gasteiger partial charge on any atom is -0.200 e. The zero-order valence-electron chi connectivity index (χ0n) is 4.38. The summed E-state index contributed by atoms with van der Waals surface area (Å²) in [4.78, 5) is 0.713. The molecule has 1 heterocycles. The molecule has 0 atom stereocenters. The Bertz CT molecular complexity index is 221. The standard InChI is InChI=1S/C5H4N2S/c1-4-3-7-8-5(4)2-6/h3H,1H3. The van der Waals surface area contributed by atoms with Crippen LogP contribution in [0.5, 0.6) is 0 Å². The molecule has 0 aromatic carbocycles. The zero-order chi connectivity index (χ0) is 5.98. The molecular weight excluding hydrogens is 120 g/mol. The van der Waals surface area contributed by atoms with Crippen LogP contribution in [-0.2, 0) is 0 Å². The third-order valence-electron chi connectivity index (χ3n) is 0.850. The van der Waals surface area contributed by atoms with Crippen LogP contribution in [0, 0.1) is 18.3 Å². The van der Waals surface area contributed by atoms with Gasteiger partial charge in [0.05, 0.1) is 0 Å². The molecule has 3 heteroatoms. The molecule has 8 heavy (non-hydrogen) atoms. The molecule has 1 aromatic rings. The van der Waals surface area contributed by atoms with Crippen molar-refractivity contribution in [2.45, 2.75) is 6.92 Å². The van der Waals surface area contributed by atoms with Gasteiger partial charge in [-0.15, -0.1) is 0 Å². The molecule has 0 amide bonds. The molecule has 40 valence electrons. The van der Waals surface area contributed by atoms with Gasteiger partial charge in [-0.25, -0.2) is 0 Å². The van der Waals surface area contributed by atoms with E-state index in [1.165, 1.54) is 11.5 Å². The first-order valence-electron chi connectivity index (χ1n) is 2.16. The van der Waals surface area contributed by atoms with Crippen LogP contribution in [-0.4, -0.2) is 4.37 Å². The highest BCUT2D eigenvalue weighted by Crippen LogP contribution is 2.08. The molecule has 2 nitrogen and oxygen atoms in total. The van der Waals surface area contributed by atoms with Crippen LogP contribution in [0.3, 0.4) is 0 Å². The SMILES string of the molecule is Cc1cnsc1C#N. The van der Waals surface area contributed by atoms with Gasteiger partial charge >= 0.3 is 0 Å². The number of rotatable bonds is 0. The maximum absolute atomic E-state index is 8.33. The van der Waals surface area contributed by atoms with Crippen LogP contribution >= 0.6 is 11.5 Å². The number of nitrogens with zero attached hydrogens (tertiary/aromatic N) is 2. The number of hydrogen-bond acceptors (Lipinski definition) is 3. The van der Waals surface area contributed by atoms with Crippen molar-refractivity contribution in [3.63, 3.8) is 0 Å². The first kappa shape index (κ1) is 5.26. The summed E-state index contributed by atoms with van der Waals surface area (Å²) < 4.78 is 3.81. The molecule has 0 spiro atoms. The maximum atomic E-state index is 8.33. The second kappa shape index (κ2) is 1.93. The Balaban J connectivity index is 3.15. The fraction of sp³-hybridized carbons (Fsp3) is 0.200. The van der Waals surface area contributed by atoms with E-state index in [9.17, 15) is 0 Å². The van der Waals surface area contributed by atoms with Crippen LogP contribution in [0.15, 0.2) is 6.20 Å². The number of aryl methyl sites for hydroxylation is 1. The Labute approximate surface area is 51.6 Å². The Morgan fingerprint density at radius 2 is 2.62 bits per heavy atom. The van der Waals surface area contributed by atoms with Crippen molar-refractivity contribution in [1.29, 1.82) is 5.26 Å². The third-order valence-corrected chi connectivity index (χ3v) is 1.66. The van der Waals surface area contributed by atoms with E-state index in [1.807, 2.05) is 13.0 Å². The predicted octanol–water partition coefficient (Wildman–Crippen LogP) is 1.32. The predicted molar refractivity (Wildman–Crippen MR) is 31.6 cm³/mol. The molecular formula is C5H4N2S. The Kier molecular flexibility index (Phi) is 1.27. The van der Waals surface area contributed by atoms with Crippen molar-refractivity contribution in [2.75, 3.05) is 0 Å². The van der Waals surface area contributed by atoms with Crippen molar-refractivity contribution in [3.05, 3.63) is 16.6 Å². The van der Waals surface area contributed by atoms with Crippen LogP contribution < -0.4 is 0 Å². The van der Waals surface area contributed by atoms with E-state index < -0.39 is 0 Å². The van der Waals surface area contributed by atoms with Crippen molar-refractivity contribution >= 4 is 11.5 Å². The van der Waals surface area contributed by atoms with Crippen LogP contribution in [0.25, 0.3) is 0 Å². The van der Waals surface area contributed by atoms with E-state index in [0.717, 1.165) is 5.56 Å². The molecule has 0 unspecified atom stereocenters. The topological polar surface area (TPSA) is 36.7 Å². The van der Waals surface area contributed by atoms with Gasteiger partial charge in [-0.3, -0.25) is 0 Å². The molecule has 0 saturated carbocycles. The highest BCUT2D eigenvalue weighted by molar-refractivity contribution is 7.06. The molecule has 0 saturated heterocycles. The van der Waals surface area contributed by atoms with E-state index in [2.05, 4.69) is 4.37 Å². The summed E-state index contributed by atoms with van der Waals surface area (Å²) in [6, 6.07) is 2.03. The zero-order valence-corrected chi connectivity index (χ0v) is 5.20. The van der Waals surface area contributed by atoms with Gasteiger partial charge in [-0.2, -0.15) is 9.64 Å². The monoisotopic (exact) mass is 124 g/mol. The Morgan fingerprint density at radius 3 is 2.88 bits per heavy atom. The average Bonchev–Trinajstić information content (AvgIpc) is 2.14. The lowest BCUT2D eigenvalue weighted by Gasteiger charge is -1.74. The number of aromatic nitrogens is 1. The summed E-state index contributed by atoms with van der Waals surface area (Å²) in [7, 11) is 0. The molecule has 0 bridgehead atoms. The first-order chi connectivity index (χ1) is 3.84. The molecule has 0 aliphatic carbocycles. The second-order valence-electron chi connectivity index (χ2n) is 1.45. The number of hydrogen-bond donors (Lipinski definition) is 0. The normalized spacial score (nSPS) is 8.50. The largest absolute Gasteiger partial charge is 0.200 e. The summed E-state index contributed by atoms with van der Waals surface area (Å²) in [5.74, 6) is 0. The van der Waals surface area contributed by atoms with E-state index in [4.69, 9.17) is 5.26 Å². The van der Waals surface area contributed by atoms with E-state index >= 15 is 0 Å². The van der Waals surface area contributed by atoms with Crippen molar-refractivity contribution in [1.82, 2.24) is 4.37 Å². The van der Waals surface area contributed by atoms with E-state index in [-0.39, 0.29) is 0 Å². The van der Waals surface area contributed by atoms with Crippen LogP contribution in [0.4, 0.5) is 0 Å². The van der Waals surface area contributed by atoms with Gasteiger partial charge in [-0.05, 0) is 24.0 Å². The Hall–Kier alpha value is -0.880. The minimum atomic E-state index is 0.713.